The van der Waals surface area contributed by atoms with Gasteiger partial charge in [0.05, 0.1) is 16.8 Å². The van der Waals surface area contributed by atoms with Gasteiger partial charge in [0.15, 0.2) is 5.03 Å². The molecule has 0 saturated heterocycles. The number of rotatable bonds is 6. The number of carboxylic acids is 1. The fourth-order valence-electron chi connectivity index (χ4n) is 2.02. The summed E-state index contributed by atoms with van der Waals surface area (Å²) in [5.74, 6) is -1.27. The Bertz CT molecular complexity index is 539. The van der Waals surface area contributed by atoms with Gasteiger partial charge in [-0.25, -0.2) is 9.78 Å². The highest BCUT2D eigenvalue weighted by Crippen LogP contribution is 2.35. The third kappa shape index (κ3) is 3.61. The van der Waals surface area contributed by atoms with Gasteiger partial charge >= 0.3 is 11.7 Å². The lowest BCUT2D eigenvalue weighted by Crippen LogP contribution is -2.35. The fourth-order valence-corrected chi connectivity index (χ4v) is 2.36. The van der Waals surface area contributed by atoms with Crippen molar-refractivity contribution in [2.45, 2.75) is 31.5 Å². The third-order valence-corrected chi connectivity index (χ3v) is 3.36. The van der Waals surface area contributed by atoms with Crippen LogP contribution in [-0.2, 0) is 0 Å². The van der Waals surface area contributed by atoms with E-state index in [9.17, 15) is 20.0 Å². The maximum atomic E-state index is 11.4. The van der Waals surface area contributed by atoms with Crippen molar-refractivity contribution in [2.75, 3.05) is 19.4 Å². The van der Waals surface area contributed by atoms with Crippen molar-refractivity contribution in [1.82, 2.24) is 9.88 Å². The summed E-state index contributed by atoms with van der Waals surface area (Å²) in [7, 11) is 3.59. The van der Waals surface area contributed by atoms with E-state index in [1.807, 2.05) is 11.8 Å². The Kier molecular flexibility index (Phi) is 5.50. The highest BCUT2D eigenvalue weighted by atomic mass is 32.1. The highest BCUT2D eigenvalue weighted by Gasteiger charge is 2.30. The Morgan fingerprint density at radius 2 is 2.14 bits per heavy atom. The van der Waals surface area contributed by atoms with E-state index in [-0.39, 0.29) is 28.1 Å². The Morgan fingerprint density at radius 1 is 1.57 bits per heavy atom. The SMILES string of the molecule is CCC(Nc1c(C(=O)O)c(C)nc(S)c1[N+](=O)[O-])N(C)C. The quantitative estimate of drug-likeness (QED) is 0.319. The Labute approximate surface area is 127 Å². The van der Waals surface area contributed by atoms with Gasteiger partial charge in [-0.3, -0.25) is 15.0 Å². The molecular formula is C12H18N4O4S. The van der Waals surface area contributed by atoms with Crippen LogP contribution >= 0.6 is 12.6 Å². The van der Waals surface area contributed by atoms with E-state index in [1.54, 1.807) is 14.1 Å². The van der Waals surface area contributed by atoms with Crippen LogP contribution in [0.1, 0.15) is 29.4 Å². The predicted octanol–water partition coefficient (Wildman–Crippen LogP) is 1.99. The second-order valence-corrected chi connectivity index (χ2v) is 5.14. The van der Waals surface area contributed by atoms with E-state index in [4.69, 9.17) is 0 Å². The molecule has 0 spiro atoms. The molecule has 0 fully saturated rings. The van der Waals surface area contributed by atoms with Crippen LogP contribution < -0.4 is 5.32 Å². The van der Waals surface area contributed by atoms with Gasteiger partial charge in [-0.1, -0.05) is 6.92 Å². The van der Waals surface area contributed by atoms with Gasteiger partial charge in [0.2, 0.25) is 0 Å². The molecule has 1 aromatic rings. The molecule has 0 aliphatic rings. The molecule has 0 aromatic carbocycles. The van der Waals surface area contributed by atoms with Gasteiger partial charge in [-0.05, 0) is 27.4 Å². The lowest BCUT2D eigenvalue weighted by molar-refractivity contribution is -0.387. The van der Waals surface area contributed by atoms with Crippen molar-refractivity contribution in [3.8, 4) is 0 Å². The molecule has 0 aliphatic heterocycles. The summed E-state index contributed by atoms with van der Waals surface area (Å²) in [5, 5.41) is 23.4. The van der Waals surface area contributed by atoms with Crippen LogP contribution in [0.2, 0.25) is 0 Å². The molecule has 0 bridgehead atoms. The molecule has 1 aromatic heterocycles. The highest BCUT2D eigenvalue weighted by molar-refractivity contribution is 7.80. The molecule has 1 unspecified atom stereocenters. The van der Waals surface area contributed by atoms with Crippen LogP contribution in [-0.4, -0.2) is 46.1 Å². The molecule has 1 rings (SSSR count). The van der Waals surface area contributed by atoms with E-state index in [1.165, 1.54) is 6.92 Å². The Balaban J connectivity index is 3.57. The van der Waals surface area contributed by atoms with Gasteiger partial charge in [0.1, 0.15) is 11.3 Å². The first kappa shape index (κ1) is 17.2. The molecule has 116 valence electrons. The minimum Gasteiger partial charge on any atom is -0.478 e. The lowest BCUT2D eigenvalue weighted by Gasteiger charge is -2.26. The average molecular weight is 314 g/mol. The molecule has 2 N–H and O–H groups in total. The number of aromatic carboxylic acids is 1. The molecule has 1 atom stereocenters. The zero-order chi connectivity index (χ0) is 16.3. The van der Waals surface area contributed by atoms with Crippen LogP contribution in [0, 0.1) is 17.0 Å². The van der Waals surface area contributed by atoms with Gasteiger partial charge in [-0.2, -0.15) is 0 Å². The van der Waals surface area contributed by atoms with E-state index in [0.717, 1.165) is 0 Å². The summed E-state index contributed by atoms with van der Waals surface area (Å²) in [4.78, 5) is 27.6. The van der Waals surface area contributed by atoms with Crippen molar-refractivity contribution in [2.24, 2.45) is 0 Å². The minimum absolute atomic E-state index is 0.0643. The standard InChI is InChI=1S/C12H18N4O4S/c1-5-7(15(3)4)14-9-8(12(17)18)6(2)13-11(21)10(9)16(19)20/h7H,5H2,1-4H3,(H,17,18)(H2,13,14,21). The summed E-state index contributed by atoms with van der Waals surface area (Å²) in [6.45, 7) is 3.37. The van der Waals surface area contributed by atoms with E-state index in [2.05, 4.69) is 22.9 Å². The number of nitrogens with one attached hydrogen (secondary N) is 1. The summed E-state index contributed by atoms with van der Waals surface area (Å²) in [5.41, 5.74) is -0.527. The maximum Gasteiger partial charge on any atom is 0.339 e. The third-order valence-electron chi connectivity index (χ3n) is 3.05. The zero-order valence-electron chi connectivity index (χ0n) is 12.2. The van der Waals surface area contributed by atoms with Crippen LogP contribution in [0.15, 0.2) is 5.03 Å². The van der Waals surface area contributed by atoms with Crippen molar-refractivity contribution >= 4 is 30.0 Å². The normalized spacial score (nSPS) is 12.3. The summed E-state index contributed by atoms with van der Waals surface area (Å²) < 4.78 is 0. The van der Waals surface area contributed by atoms with Gasteiger partial charge in [0.25, 0.3) is 0 Å². The first-order chi connectivity index (χ1) is 9.70. The van der Waals surface area contributed by atoms with E-state index >= 15 is 0 Å². The summed E-state index contributed by atoms with van der Waals surface area (Å²) in [6, 6.07) is 0. The number of nitrogens with zero attached hydrogens (tertiary/aromatic N) is 3. The second-order valence-electron chi connectivity index (χ2n) is 4.71. The molecule has 1 heterocycles. The first-order valence-electron chi connectivity index (χ1n) is 6.24. The van der Waals surface area contributed by atoms with Crippen LogP contribution in [0.4, 0.5) is 11.4 Å². The Hall–Kier alpha value is -1.87. The maximum absolute atomic E-state index is 11.4. The van der Waals surface area contributed by atoms with Crippen LogP contribution in [0.5, 0.6) is 0 Å². The van der Waals surface area contributed by atoms with Gasteiger partial charge in [0, 0.05) is 0 Å². The molecule has 21 heavy (non-hydrogen) atoms. The van der Waals surface area contributed by atoms with Gasteiger partial charge < -0.3 is 10.4 Å². The lowest BCUT2D eigenvalue weighted by atomic mass is 10.1. The van der Waals surface area contributed by atoms with E-state index < -0.39 is 16.6 Å². The number of nitro groups is 1. The largest absolute Gasteiger partial charge is 0.478 e. The van der Waals surface area contributed by atoms with Crippen molar-refractivity contribution in [1.29, 1.82) is 0 Å². The zero-order valence-corrected chi connectivity index (χ0v) is 13.1. The molecule has 8 nitrogen and oxygen atoms in total. The molecule has 0 aliphatic carbocycles. The molecule has 9 heteroatoms. The number of thiol groups is 1. The molecule has 0 saturated carbocycles. The number of carboxylic acid groups (broad SMARTS) is 1. The summed E-state index contributed by atoms with van der Waals surface area (Å²) >= 11 is 4.00. The molecule has 0 radical (unpaired) electrons. The van der Waals surface area contributed by atoms with Crippen molar-refractivity contribution in [3.05, 3.63) is 21.4 Å². The predicted molar refractivity (Wildman–Crippen MR) is 81.2 cm³/mol. The van der Waals surface area contributed by atoms with Crippen molar-refractivity contribution < 1.29 is 14.8 Å². The van der Waals surface area contributed by atoms with Crippen LogP contribution in [0.25, 0.3) is 0 Å². The van der Waals surface area contributed by atoms with E-state index in [0.29, 0.717) is 6.42 Å². The number of carbonyl (C=O) groups is 1. The first-order valence-corrected chi connectivity index (χ1v) is 6.69. The number of aromatic nitrogens is 1. The average Bonchev–Trinajstić information content (AvgIpc) is 2.33. The smallest absolute Gasteiger partial charge is 0.339 e. The second kappa shape index (κ2) is 6.72. The number of pyridine rings is 1. The monoisotopic (exact) mass is 314 g/mol. The molecule has 0 amide bonds. The van der Waals surface area contributed by atoms with Gasteiger partial charge in [-0.15, -0.1) is 12.6 Å². The number of hydrogen-bond acceptors (Lipinski definition) is 7. The minimum atomic E-state index is -1.27. The number of anilines is 1. The topological polar surface area (TPSA) is 109 Å². The molecular weight excluding hydrogens is 296 g/mol. The number of hydrogen-bond donors (Lipinski definition) is 3. The van der Waals surface area contributed by atoms with Crippen molar-refractivity contribution in [3.63, 3.8) is 0 Å². The fraction of sp³-hybridized carbons (Fsp3) is 0.500. The number of aryl methyl sites for hydroxylation is 1. The Morgan fingerprint density at radius 3 is 2.52 bits per heavy atom. The van der Waals surface area contributed by atoms with Crippen LogP contribution in [0.3, 0.4) is 0 Å². The summed E-state index contributed by atoms with van der Waals surface area (Å²) in [6.07, 6.45) is 0.378.